The Labute approximate surface area is 434 Å². The summed E-state index contributed by atoms with van der Waals surface area (Å²) in [6, 6.07) is 5.72. The summed E-state index contributed by atoms with van der Waals surface area (Å²) in [5, 5.41) is 0. The van der Waals surface area contributed by atoms with Gasteiger partial charge < -0.3 is 51.4 Å². The number of likely N-dealkylation sites (tertiary alicyclic amines) is 2. The highest BCUT2D eigenvalue weighted by Gasteiger charge is 2.35. The Morgan fingerprint density at radius 3 is 1.40 bits per heavy atom. The Morgan fingerprint density at radius 1 is 0.569 bits per heavy atom. The van der Waals surface area contributed by atoms with E-state index in [4.69, 9.17) is 4.52 Å². The largest absolute Gasteiger partial charge is 0.457 e. The first-order valence-electron chi connectivity index (χ1n) is 22.5. The van der Waals surface area contributed by atoms with Crippen molar-refractivity contribution in [2.75, 3.05) is 129 Å². The molecule has 5 rings (SSSR count). The Balaban J connectivity index is 0. The van der Waals surface area contributed by atoms with Gasteiger partial charge in [0.2, 0.25) is 0 Å². The zero-order valence-electron chi connectivity index (χ0n) is 44.9. The number of amides is 4. The fourth-order valence-corrected chi connectivity index (χ4v) is 11.8. The predicted octanol–water partition coefficient (Wildman–Crippen LogP) is 11.6. The molecule has 0 saturated carbocycles. The molecule has 1 aromatic rings. The van der Waals surface area contributed by atoms with E-state index in [1.807, 2.05) is 31.5 Å². The molecular formula is C46H81ClN5O15P5. The maximum atomic E-state index is 12.0. The van der Waals surface area contributed by atoms with Crippen LogP contribution in [0.1, 0.15) is 32.1 Å². The van der Waals surface area contributed by atoms with Gasteiger partial charge in [0.1, 0.15) is 20.1 Å². The average molecular weight is 1130 g/mol. The molecule has 20 nitrogen and oxygen atoms in total. The number of piperidine rings is 2. The molecule has 0 bridgehead atoms. The van der Waals surface area contributed by atoms with Gasteiger partial charge in [0.15, 0.2) is 0 Å². The van der Waals surface area contributed by atoms with Crippen LogP contribution in [-0.2, 0) is 46.5 Å². The maximum Gasteiger partial charge on any atom is 0.417 e. The first kappa shape index (κ1) is 70.3. The van der Waals surface area contributed by atoms with Crippen molar-refractivity contribution in [3.05, 3.63) is 79.6 Å². The van der Waals surface area contributed by atoms with E-state index in [9.17, 15) is 42.2 Å². The van der Waals surface area contributed by atoms with E-state index in [1.165, 1.54) is 45.3 Å². The molecule has 72 heavy (non-hydrogen) atoms. The standard InChI is InChI=1S/C9H18NO3P.C9H14NO3P.C9H18NO3P.C9H14NO3P.C5H5N.C3H9OP.C2H3ClO2/c2*1-13-9(11)10-6-4-8(5-7-10)14(2,3)12;2*1-13-9(11)10-7-5-4-6-8(10)14(2,3)12;1-2-4-6-5-3-1;1-4-5(2)3;1-5-2(3)4/h8H,4-7H2,1-3H3;4-8H,1-3H3;8H,4-7H2,1-3H3;4-8H,1-3H3;1-5H;1-3H3;1H3. The van der Waals surface area contributed by atoms with Crippen molar-refractivity contribution in [2.45, 2.75) is 55.0 Å². The highest BCUT2D eigenvalue weighted by molar-refractivity contribution is 7.64. The quantitative estimate of drug-likeness (QED) is 0.151. The van der Waals surface area contributed by atoms with Gasteiger partial charge in [-0.15, -0.1) is 0 Å². The van der Waals surface area contributed by atoms with Gasteiger partial charge in [-0.1, -0.05) is 30.4 Å². The molecule has 4 amide bonds. The lowest BCUT2D eigenvalue weighted by Gasteiger charge is -2.36. The third kappa shape index (κ3) is 30.5. The van der Waals surface area contributed by atoms with Gasteiger partial charge in [-0.3, -0.25) is 19.7 Å². The lowest BCUT2D eigenvalue weighted by atomic mass is 10.1. The third-order valence-corrected chi connectivity index (χ3v) is 19.0. The third-order valence-electron chi connectivity index (χ3n) is 10.4. The summed E-state index contributed by atoms with van der Waals surface area (Å²) in [4.78, 5) is 64.0. The number of carbonyl (C=O) groups is 5. The van der Waals surface area contributed by atoms with Crippen molar-refractivity contribution in [2.24, 2.45) is 0 Å². The minimum atomic E-state index is -2.38. The number of hydrogen-bond donors (Lipinski definition) is 0. The van der Waals surface area contributed by atoms with Crippen LogP contribution < -0.4 is 0 Å². The summed E-state index contributed by atoms with van der Waals surface area (Å²) in [7, 11) is -0.533. The number of methoxy groups -OCH3 is 5. The monoisotopic (exact) mass is 1130 g/mol. The van der Waals surface area contributed by atoms with E-state index in [1.54, 1.807) is 118 Å². The molecule has 2 atom stereocenters. The van der Waals surface area contributed by atoms with Crippen LogP contribution in [0.2, 0.25) is 0 Å². The molecule has 2 fully saturated rings. The van der Waals surface area contributed by atoms with Crippen LogP contribution in [-0.4, -0.2) is 206 Å². The highest BCUT2D eigenvalue weighted by atomic mass is 35.5. The zero-order valence-corrected chi connectivity index (χ0v) is 50.2. The highest BCUT2D eigenvalue weighted by Crippen LogP contribution is 2.49. The maximum absolute atomic E-state index is 12.0. The van der Waals surface area contributed by atoms with Crippen LogP contribution in [0.15, 0.2) is 79.6 Å². The predicted molar refractivity (Wildman–Crippen MR) is 292 cm³/mol. The lowest BCUT2D eigenvalue weighted by molar-refractivity contribution is 0.107. The van der Waals surface area contributed by atoms with Gasteiger partial charge in [-0.05, 0) is 117 Å². The summed E-state index contributed by atoms with van der Waals surface area (Å²) in [5.41, 5.74) is -0.572. The molecular weight excluding hydrogens is 1050 g/mol. The van der Waals surface area contributed by atoms with Crippen molar-refractivity contribution >= 4 is 78.1 Å². The summed E-state index contributed by atoms with van der Waals surface area (Å²) in [6.45, 7) is 20.0. The topological polar surface area (TPSA) is 235 Å². The first-order valence-corrected chi connectivity index (χ1v) is 35.7. The molecule has 4 aliphatic rings. The van der Waals surface area contributed by atoms with Crippen LogP contribution in [0.25, 0.3) is 0 Å². The van der Waals surface area contributed by atoms with Crippen molar-refractivity contribution in [3.63, 3.8) is 0 Å². The van der Waals surface area contributed by atoms with Crippen LogP contribution in [0, 0.1) is 0 Å². The van der Waals surface area contributed by atoms with Crippen LogP contribution in [0.3, 0.4) is 0 Å². The number of pyridine rings is 1. The normalized spacial score (nSPS) is 17.6. The number of rotatable bonds is 5. The average Bonchev–Trinajstić information content (AvgIpc) is 3.36. The van der Waals surface area contributed by atoms with E-state index < -0.39 is 46.2 Å². The Bertz CT molecular complexity index is 2060. The Kier molecular flexibility index (Phi) is 35.4. The molecule has 4 aliphatic heterocycles. The number of nitrogens with zero attached hydrogens (tertiary/aromatic N) is 5. The first-order chi connectivity index (χ1) is 33.4. The van der Waals surface area contributed by atoms with E-state index in [2.05, 4.69) is 53.6 Å². The molecule has 5 heterocycles. The fraction of sp³-hybridized carbons (Fsp3) is 0.609. The minimum absolute atomic E-state index is 0.0802. The molecule has 0 N–H and O–H groups in total. The Morgan fingerprint density at radius 2 is 1.06 bits per heavy atom. The van der Waals surface area contributed by atoms with Gasteiger partial charge in [0, 0.05) is 83.1 Å². The van der Waals surface area contributed by atoms with Crippen LogP contribution in [0.4, 0.5) is 24.0 Å². The van der Waals surface area contributed by atoms with E-state index >= 15 is 0 Å². The van der Waals surface area contributed by atoms with Crippen LogP contribution >= 0.6 is 48.3 Å². The molecule has 2 saturated heterocycles. The molecule has 0 aromatic carbocycles. The number of halogens is 1. The summed E-state index contributed by atoms with van der Waals surface area (Å²) >= 11 is 4.60. The molecule has 26 heteroatoms. The summed E-state index contributed by atoms with van der Waals surface area (Å²) in [6.07, 6.45) is 19.9. The van der Waals surface area contributed by atoms with E-state index in [0.717, 1.165) is 32.1 Å². The van der Waals surface area contributed by atoms with E-state index in [-0.39, 0.29) is 43.2 Å². The summed E-state index contributed by atoms with van der Waals surface area (Å²) in [5.74, 6) is -0.511. The molecule has 412 valence electrons. The number of ether oxygens (including phenoxy) is 5. The lowest BCUT2D eigenvalue weighted by Crippen LogP contribution is -2.43. The molecule has 2 unspecified atom stereocenters. The van der Waals surface area contributed by atoms with Gasteiger partial charge in [-0.25, -0.2) is 24.0 Å². The van der Waals surface area contributed by atoms with Crippen molar-refractivity contribution in [3.8, 4) is 0 Å². The SMILES string of the molecule is COC(=O)Cl.COC(=O)N1C=CC(P(C)(C)=O)C=C1.COC(=O)N1C=CC=CC1P(C)(C)=O.COC(=O)N1CCC(P(C)(C)=O)CC1.COC(=O)N1CCCCC1P(C)(C)=O.COP(C)C.c1ccncc1. The van der Waals surface area contributed by atoms with E-state index in [0.29, 0.717) is 19.6 Å². The van der Waals surface area contributed by atoms with Gasteiger partial charge >= 0.3 is 29.8 Å². The number of hydrogen-bond acceptors (Lipinski definition) is 16. The van der Waals surface area contributed by atoms with Gasteiger partial charge in [-0.2, -0.15) is 0 Å². The number of allylic oxidation sites excluding steroid dienone is 4. The van der Waals surface area contributed by atoms with Gasteiger partial charge in [0.05, 0.1) is 61.3 Å². The van der Waals surface area contributed by atoms with Gasteiger partial charge in [0.25, 0.3) is 0 Å². The number of carbonyl (C=O) groups excluding carboxylic acids is 5. The van der Waals surface area contributed by atoms with Crippen molar-refractivity contribution < 1.29 is 70.4 Å². The van der Waals surface area contributed by atoms with Crippen molar-refractivity contribution in [1.82, 2.24) is 24.6 Å². The molecule has 0 aliphatic carbocycles. The zero-order chi connectivity index (χ0) is 55.9. The second-order valence-electron chi connectivity index (χ2n) is 17.6. The smallest absolute Gasteiger partial charge is 0.417 e. The second kappa shape index (κ2) is 36.2. The number of aromatic nitrogens is 1. The second-order valence-corrected chi connectivity index (χ2v) is 33.8. The summed E-state index contributed by atoms with van der Waals surface area (Å²) < 4.78 is 74.4. The fourth-order valence-electron chi connectivity index (χ4n) is 6.39. The minimum Gasteiger partial charge on any atom is -0.457 e. The van der Waals surface area contributed by atoms with Crippen molar-refractivity contribution in [1.29, 1.82) is 0 Å². The van der Waals surface area contributed by atoms with Crippen LogP contribution in [0.5, 0.6) is 0 Å². The molecule has 0 spiro atoms. The molecule has 0 radical (unpaired) electrons. The molecule has 1 aromatic heterocycles. The Hall–Kier alpha value is -3.74.